The van der Waals surface area contributed by atoms with Crippen molar-refractivity contribution in [1.29, 1.82) is 0 Å². The van der Waals surface area contributed by atoms with Crippen molar-refractivity contribution >= 4 is 44.0 Å². The smallest absolute Gasteiger partial charge is 0.147 e. The van der Waals surface area contributed by atoms with Crippen molar-refractivity contribution in [2.45, 2.75) is 25.2 Å². The van der Waals surface area contributed by atoms with Crippen LogP contribution in [0.3, 0.4) is 0 Å². The molecule has 40 heavy (non-hydrogen) atoms. The zero-order valence-electron chi connectivity index (χ0n) is 21.3. The third-order valence-corrected chi connectivity index (χ3v) is 8.23. The van der Waals surface area contributed by atoms with Crippen molar-refractivity contribution in [3.8, 4) is 34.0 Å². The Morgan fingerprint density at radius 2 is 1.32 bits per heavy atom. The van der Waals surface area contributed by atoms with E-state index in [-0.39, 0.29) is 0 Å². The fourth-order valence-electron chi connectivity index (χ4n) is 6.13. The van der Waals surface area contributed by atoms with Crippen LogP contribution < -0.4 is 0 Å². The van der Waals surface area contributed by atoms with Crippen LogP contribution in [0.25, 0.3) is 78.0 Å². The van der Waals surface area contributed by atoms with Gasteiger partial charge in [0.25, 0.3) is 0 Å². The lowest BCUT2D eigenvalue weighted by atomic mass is 9.75. The molecule has 0 radical (unpaired) electrons. The minimum absolute atomic E-state index is 0.311. The van der Waals surface area contributed by atoms with Crippen molar-refractivity contribution in [3.05, 3.63) is 90.5 Å². The van der Waals surface area contributed by atoms with Crippen molar-refractivity contribution in [3.63, 3.8) is 0 Å². The normalized spacial score (nSPS) is 14.1. The summed E-state index contributed by atoms with van der Waals surface area (Å²) >= 11 is 0. The number of rotatable bonds is 4. The van der Waals surface area contributed by atoms with Gasteiger partial charge in [-0.25, -0.2) is 9.61 Å². The first-order chi connectivity index (χ1) is 19.8. The molecule has 1 saturated carbocycles. The van der Waals surface area contributed by atoms with Crippen molar-refractivity contribution in [1.82, 2.24) is 20.3 Å². The maximum atomic E-state index is 6.58. The highest BCUT2D eigenvalue weighted by Crippen LogP contribution is 2.52. The molecular weight excluding hydrogens is 500 g/mol. The largest absolute Gasteiger partial charge is 0.456 e. The first-order valence-electron chi connectivity index (χ1n) is 13.6. The number of nitrogens with one attached hydrogen (secondary N) is 1. The molecule has 7 nitrogen and oxygen atoms in total. The summed E-state index contributed by atoms with van der Waals surface area (Å²) in [7, 11) is 0. The second-order valence-corrected chi connectivity index (χ2v) is 10.5. The third kappa shape index (κ3) is 3.09. The summed E-state index contributed by atoms with van der Waals surface area (Å²) in [4.78, 5) is 8.69. The van der Waals surface area contributed by atoms with Gasteiger partial charge in [-0.15, -0.1) is 0 Å². The summed E-state index contributed by atoms with van der Waals surface area (Å²) < 4.78 is 18.5. The lowest BCUT2D eigenvalue weighted by Gasteiger charge is -2.29. The van der Waals surface area contributed by atoms with E-state index in [0.717, 1.165) is 85.2 Å². The number of nitrogens with zero attached hydrogens (tertiary/aromatic N) is 3. The Kier molecular flexibility index (Phi) is 4.44. The second-order valence-electron chi connectivity index (χ2n) is 10.5. The number of furan rings is 2. The van der Waals surface area contributed by atoms with Crippen molar-refractivity contribution in [2.75, 3.05) is 0 Å². The Morgan fingerprint density at radius 3 is 2.00 bits per heavy atom. The molecule has 1 fully saturated rings. The highest BCUT2D eigenvalue weighted by Gasteiger charge is 2.35. The Labute approximate surface area is 227 Å². The number of benzene rings is 4. The van der Waals surface area contributed by atoms with E-state index in [0.29, 0.717) is 17.2 Å². The zero-order chi connectivity index (χ0) is 26.2. The predicted octanol–water partition coefficient (Wildman–Crippen LogP) is 8.86. The SMILES string of the molecule is c1ccc2oc(-c3c(-c4nc5ccccc5[nH]4)c(C4CCC4)c4nonc4c3-c3cc4ccccc4o3)cc2c1. The van der Waals surface area contributed by atoms with E-state index < -0.39 is 0 Å². The highest BCUT2D eigenvalue weighted by molar-refractivity contribution is 6.09. The fraction of sp³-hybridized carbons (Fsp3) is 0.121. The Balaban J connectivity index is 1.48. The van der Waals surface area contributed by atoms with Crippen LogP contribution in [0.4, 0.5) is 0 Å². The van der Waals surface area contributed by atoms with Gasteiger partial charge in [-0.3, -0.25) is 0 Å². The molecule has 1 N–H and O–H groups in total. The van der Waals surface area contributed by atoms with E-state index in [1.165, 1.54) is 6.42 Å². The van der Waals surface area contributed by atoms with Gasteiger partial charge < -0.3 is 13.8 Å². The van der Waals surface area contributed by atoms with Crippen LogP contribution >= 0.6 is 0 Å². The Hall–Kier alpha value is -5.17. The molecule has 7 heteroatoms. The third-order valence-electron chi connectivity index (χ3n) is 8.23. The molecule has 0 unspecified atom stereocenters. The van der Waals surface area contributed by atoms with Gasteiger partial charge in [0.1, 0.15) is 39.5 Å². The van der Waals surface area contributed by atoms with E-state index in [1.54, 1.807) is 0 Å². The fourth-order valence-corrected chi connectivity index (χ4v) is 6.13. The molecule has 8 aromatic rings. The number of aromatic nitrogens is 4. The lowest BCUT2D eigenvalue weighted by molar-refractivity contribution is 0.314. The predicted molar refractivity (Wildman–Crippen MR) is 154 cm³/mol. The van der Waals surface area contributed by atoms with Crippen molar-refractivity contribution in [2.24, 2.45) is 0 Å². The summed E-state index contributed by atoms with van der Waals surface area (Å²) in [5, 5.41) is 11.0. The minimum atomic E-state index is 0.311. The molecule has 4 aromatic heterocycles. The van der Waals surface area contributed by atoms with Gasteiger partial charge in [-0.05, 0) is 71.0 Å². The maximum absolute atomic E-state index is 6.58. The van der Waals surface area contributed by atoms with Gasteiger partial charge >= 0.3 is 0 Å². The number of para-hydroxylation sites is 4. The van der Waals surface area contributed by atoms with Crippen LogP contribution in [0.5, 0.6) is 0 Å². The molecule has 1 aliphatic carbocycles. The molecule has 0 bridgehead atoms. The van der Waals surface area contributed by atoms with Crippen LogP contribution in [-0.4, -0.2) is 20.3 Å². The number of fused-ring (bicyclic) bond motifs is 4. The van der Waals surface area contributed by atoms with Crippen LogP contribution in [0, 0.1) is 0 Å². The molecule has 1 aliphatic rings. The van der Waals surface area contributed by atoms with Gasteiger partial charge in [-0.1, -0.05) is 55.0 Å². The summed E-state index contributed by atoms with van der Waals surface area (Å²) in [6, 6.07) is 28.3. The van der Waals surface area contributed by atoms with Crippen LogP contribution in [0.15, 0.2) is 98.4 Å². The molecule has 0 atom stereocenters. The van der Waals surface area contributed by atoms with Gasteiger partial charge in [-0.2, -0.15) is 0 Å². The quantitative estimate of drug-likeness (QED) is 0.248. The average molecular weight is 523 g/mol. The topological polar surface area (TPSA) is 93.9 Å². The number of hydrogen-bond donors (Lipinski definition) is 1. The summed E-state index contributed by atoms with van der Waals surface area (Å²) in [6.45, 7) is 0. The first kappa shape index (κ1) is 21.7. The monoisotopic (exact) mass is 522 g/mol. The van der Waals surface area contributed by atoms with E-state index in [9.17, 15) is 0 Å². The number of hydrogen-bond acceptors (Lipinski definition) is 6. The minimum Gasteiger partial charge on any atom is -0.456 e. The van der Waals surface area contributed by atoms with Crippen LogP contribution in [0.1, 0.15) is 30.7 Å². The lowest BCUT2D eigenvalue weighted by Crippen LogP contribution is -2.12. The molecular formula is C33H22N4O3. The van der Waals surface area contributed by atoms with E-state index >= 15 is 0 Å². The van der Waals surface area contributed by atoms with Gasteiger partial charge in [0.2, 0.25) is 0 Å². The molecule has 0 spiro atoms. The molecule has 9 rings (SSSR count). The molecule has 192 valence electrons. The Bertz CT molecular complexity index is 2130. The average Bonchev–Trinajstić information content (AvgIpc) is 3.75. The van der Waals surface area contributed by atoms with Gasteiger partial charge in [0.05, 0.1) is 16.6 Å². The first-order valence-corrected chi connectivity index (χ1v) is 13.6. The summed E-state index contributed by atoms with van der Waals surface area (Å²) in [5.41, 5.74) is 8.59. The molecule has 0 aliphatic heterocycles. The van der Waals surface area contributed by atoms with E-state index in [2.05, 4.69) is 33.5 Å². The maximum Gasteiger partial charge on any atom is 0.147 e. The van der Waals surface area contributed by atoms with Crippen molar-refractivity contribution < 1.29 is 13.5 Å². The van der Waals surface area contributed by atoms with Crippen LogP contribution in [0.2, 0.25) is 0 Å². The molecule has 0 amide bonds. The van der Waals surface area contributed by atoms with E-state index in [1.807, 2.05) is 66.7 Å². The van der Waals surface area contributed by atoms with Crippen LogP contribution in [-0.2, 0) is 0 Å². The van der Waals surface area contributed by atoms with Gasteiger partial charge in [0, 0.05) is 21.9 Å². The summed E-state index contributed by atoms with van der Waals surface area (Å²) in [5.74, 6) is 2.47. The van der Waals surface area contributed by atoms with Gasteiger partial charge in [0.15, 0.2) is 0 Å². The Morgan fingerprint density at radius 1 is 0.675 bits per heavy atom. The molecule has 0 saturated heterocycles. The highest BCUT2D eigenvalue weighted by atomic mass is 16.6. The zero-order valence-corrected chi connectivity index (χ0v) is 21.3. The second kappa shape index (κ2) is 8.16. The standard InChI is InChI=1S/C33H22N4O3/c1-5-14-23-19(8-1)16-25(38-23)28-29(26-17-20-9-2-6-15-24(20)39-26)32-31(36-40-37-32)27(18-10-7-11-18)30(28)33-34-21-12-3-4-13-22(21)35-33/h1-6,8-9,12-18H,7,10-11H2,(H,34,35). The number of imidazole rings is 1. The van der Waals surface area contributed by atoms with E-state index in [4.69, 9.17) is 18.4 Å². The number of H-pyrrole nitrogens is 1. The molecule has 4 aromatic carbocycles. The number of aromatic amines is 1. The summed E-state index contributed by atoms with van der Waals surface area (Å²) in [6.07, 6.45) is 3.31. The molecule has 4 heterocycles.